The highest BCUT2D eigenvalue weighted by Gasteiger charge is 2.30. The zero-order valence-corrected chi connectivity index (χ0v) is 12.6. The van der Waals surface area contributed by atoms with Crippen molar-refractivity contribution in [3.63, 3.8) is 0 Å². The molecule has 2 amide bonds. The van der Waals surface area contributed by atoms with Crippen LogP contribution >= 0.6 is 0 Å². The van der Waals surface area contributed by atoms with Gasteiger partial charge in [0, 0.05) is 5.69 Å². The second-order valence-corrected chi connectivity index (χ2v) is 5.38. The Morgan fingerprint density at radius 3 is 2.39 bits per heavy atom. The molecule has 0 aromatic heterocycles. The fourth-order valence-corrected chi connectivity index (χ4v) is 2.54. The molecule has 0 radical (unpaired) electrons. The average Bonchev–Trinajstić information content (AvgIpc) is 2.61. The zero-order valence-electron chi connectivity index (χ0n) is 12.6. The molecule has 1 fully saturated rings. The predicted molar refractivity (Wildman–Crippen MR) is 86.8 cm³/mol. The van der Waals surface area contributed by atoms with Gasteiger partial charge in [-0.3, -0.25) is 9.59 Å². The summed E-state index contributed by atoms with van der Waals surface area (Å²) in [7, 11) is 0. The molecule has 1 saturated heterocycles. The van der Waals surface area contributed by atoms with Crippen molar-refractivity contribution < 1.29 is 14.3 Å². The van der Waals surface area contributed by atoms with Gasteiger partial charge in [0.05, 0.1) is 13.2 Å². The first-order valence-corrected chi connectivity index (χ1v) is 7.51. The van der Waals surface area contributed by atoms with Crippen molar-refractivity contribution >= 4 is 17.5 Å². The van der Waals surface area contributed by atoms with E-state index in [1.165, 1.54) is 0 Å². The van der Waals surface area contributed by atoms with Gasteiger partial charge in [-0.05, 0) is 17.7 Å². The van der Waals surface area contributed by atoms with Crippen LogP contribution in [0.2, 0.25) is 0 Å². The number of nitrogens with one attached hydrogen (secondary N) is 1. The Morgan fingerprint density at radius 2 is 1.74 bits per heavy atom. The first-order valence-electron chi connectivity index (χ1n) is 7.51. The fraction of sp³-hybridized carbons (Fsp3) is 0.222. The molecule has 1 heterocycles. The SMILES string of the molecule is O=C1COCC(C(=O)N(Cc2ccccc2)c2ccccc2)N1. The third kappa shape index (κ3) is 3.76. The maximum Gasteiger partial charge on any atom is 0.252 e. The van der Waals surface area contributed by atoms with Gasteiger partial charge < -0.3 is 15.0 Å². The van der Waals surface area contributed by atoms with Gasteiger partial charge in [-0.1, -0.05) is 48.5 Å². The lowest BCUT2D eigenvalue weighted by atomic mass is 10.1. The Labute approximate surface area is 134 Å². The molecule has 1 aliphatic rings. The summed E-state index contributed by atoms with van der Waals surface area (Å²) in [5, 5.41) is 2.70. The van der Waals surface area contributed by atoms with Crippen LogP contribution in [0.5, 0.6) is 0 Å². The predicted octanol–water partition coefficient (Wildman–Crippen LogP) is 1.73. The minimum atomic E-state index is -0.653. The van der Waals surface area contributed by atoms with Gasteiger partial charge in [-0.25, -0.2) is 0 Å². The van der Waals surface area contributed by atoms with E-state index in [1.54, 1.807) is 4.90 Å². The molecule has 0 spiro atoms. The summed E-state index contributed by atoms with van der Waals surface area (Å²) < 4.78 is 5.19. The van der Waals surface area contributed by atoms with Crippen molar-refractivity contribution in [2.24, 2.45) is 0 Å². The summed E-state index contributed by atoms with van der Waals surface area (Å²) in [6.07, 6.45) is 0. The van der Waals surface area contributed by atoms with Crippen molar-refractivity contribution in [3.05, 3.63) is 66.2 Å². The number of benzene rings is 2. The van der Waals surface area contributed by atoms with Crippen molar-refractivity contribution in [1.82, 2.24) is 5.32 Å². The fourth-order valence-electron chi connectivity index (χ4n) is 2.54. The summed E-state index contributed by atoms with van der Waals surface area (Å²) in [6, 6.07) is 18.5. The highest BCUT2D eigenvalue weighted by molar-refractivity contribution is 5.99. The van der Waals surface area contributed by atoms with E-state index in [0.29, 0.717) is 6.54 Å². The number of hydrogen-bond acceptors (Lipinski definition) is 3. The molecule has 1 atom stereocenters. The smallest absolute Gasteiger partial charge is 0.252 e. The maximum absolute atomic E-state index is 12.9. The largest absolute Gasteiger partial charge is 0.369 e. The minimum absolute atomic E-state index is 0.00774. The third-order valence-corrected chi connectivity index (χ3v) is 3.67. The quantitative estimate of drug-likeness (QED) is 0.936. The van der Waals surface area contributed by atoms with Crippen LogP contribution in [0.15, 0.2) is 60.7 Å². The second kappa shape index (κ2) is 7.07. The van der Waals surface area contributed by atoms with Crippen LogP contribution in [-0.4, -0.2) is 31.1 Å². The lowest BCUT2D eigenvalue weighted by molar-refractivity contribution is -0.137. The van der Waals surface area contributed by atoms with Crippen LogP contribution < -0.4 is 10.2 Å². The second-order valence-electron chi connectivity index (χ2n) is 5.38. The normalized spacial score (nSPS) is 17.4. The Hall–Kier alpha value is -2.66. The molecular formula is C18H18N2O3. The van der Waals surface area contributed by atoms with Crippen LogP contribution in [0.4, 0.5) is 5.69 Å². The topological polar surface area (TPSA) is 58.6 Å². The van der Waals surface area contributed by atoms with E-state index in [9.17, 15) is 9.59 Å². The van der Waals surface area contributed by atoms with Crippen LogP contribution in [0, 0.1) is 0 Å². The first-order chi connectivity index (χ1) is 11.2. The van der Waals surface area contributed by atoms with E-state index < -0.39 is 6.04 Å². The van der Waals surface area contributed by atoms with E-state index in [-0.39, 0.29) is 25.0 Å². The molecule has 5 nitrogen and oxygen atoms in total. The van der Waals surface area contributed by atoms with Crippen LogP contribution in [0.3, 0.4) is 0 Å². The summed E-state index contributed by atoms with van der Waals surface area (Å²) >= 11 is 0. The van der Waals surface area contributed by atoms with Crippen molar-refractivity contribution in [2.75, 3.05) is 18.1 Å². The minimum Gasteiger partial charge on any atom is -0.369 e. The standard InChI is InChI=1S/C18H18N2O3/c21-17-13-23-12-16(19-17)18(22)20(15-9-5-2-6-10-15)11-14-7-3-1-4-8-14/h1-10,16H,11-13H2,(H,19,21). The number of amides is 2. The van der Waals surface area contributed by atoms with Gasteiger partial charge in [0.2, 0.25) is 5.91 Å². The molecule has 3 rings (SSSR count). The van der Waals surface area contributed by atoms with Crippen molar-refractivity contribution in [2.45, 2.75) is 12.6 Å². The highest BCUT2D eigenvalue weighted by Crippen LogP contribution is 2.18. The van der Waals surface area contributed by atoms with Crippen LogP contribution in [0.25, 0.3) is 0 Å². The number of para-hydroxylation sites is 1. The molecule has 118 valence electrons. The number of morpholine rings is 1. The van der Waals surface area contributed by atoms with Crippen molar-refractivity contribution in [3.8, 4) is 0 Å². The van der Waals surface area contributed by atoms with E-state index in [1.807, 2.05) is 60.7 Å². The number of rotatable bonds is 4. The van der Waals surface area contributed by atoms with E-state index in [0.717, 1.165) is 11.3 Å². The number of anilines is 1. The Bertz CT molecular complexity index is 673. The molecule has 23 heavy (non-hydrogen) atoms. The molecular weight excluding hydrogens is 292 g/mol. The van der Waals surface area contributed by atoms with Crippen LogP contribution in [0.1, 0.15) is 5.56 Å². The summed E-state index contributed by atoms with van der Waals surface area (Å²) in [4.78, 5) is 26.0. The zero-order chi connectivity index (χ0) is 16.1. The Morgan fingerprint density at radius 1 is 1.09 bits per heavy atom. The average molecular weight is 310 g/mol. The van der Waals surface area contributed by atoms with Gasteiger partial charge in [0.15, 0.2) is 0 Å². The molecule has 0 saturated carbocycles. The van der Waals surface area contributed by atoms with E-state index in [4.69, 9.17) is 4.74 Å². The van der Waals surface area contributed by atoms with E-state index in [2.05, 4.69) is 5.32 Å². The lowest BCUT2D eigenvalue weighted by Crippen LogP contribution is -2.55. The Kier molecular flexibility index (Phi) is 4.68. The number of carbonyl (C=O) groups is 2. The number of hydrogen-bond donors (Lipinski definition) is 1. The highest BCUT2D eigenvalue weighted by atomic mass is 16.5. The van der Waals surface area contributed by atoms with Gasteiger partial charge >= 0.3 is 0 Å². The molecule has 1 unspecified atom stereocenters. The Balaban J connectivity index is 1.85. The molecule has 2 aromatic rings. The molecule has 0 aliphatic carbocycles. The number of carbonyl (C=O) groups excluding carboxylic acids is 2. The van der Waals surface area contributed by atoms with Gasteiger partial charge in [-0.2, -0.15) is 0 Å². The summed E-state index contributed by atoms with van der Waals surface area (Å²) in [5.41, 5.74) is 1.81. The summed E-state index contributed by atoms with van der Waals surface area (Å²) in [5.74, 6) is -0.435. The molecule has 2 aromatic carbocycles. The van der Waals surface area contributed by atoms with Gasteiger partial charge in [0.25, 0.3) is 5.91 Å². The van der Waals surface area contributed by atoms with Crippen LogP contribution in [-0.2, 0) is 20.9 Å². The number of ether oxygens (including phenoxy) is 1. The molecule has 1 N–H and O–H groups in total. The summed E-state index contributed by atoms with van der Waals surface area (Å²) in [6.45, 7) is 0.645. The van der Waals surface area contributed by atoms with E-state index >= 15 is 0 Å². The van der Waals surface area contributed by atoms with Gasteiger partial charge in [0.1, 0.15) is 12.6 Å². The lowest BCUT2D eigenvalue weighted by Gasteiger charge is -2.30. The number of nitrogens with zero attached hydrogens (tertiary/aromatic N) is 1. The van der Waals surface area contributed by atoms with Gasteiger partial charge in [-0.15, -0.1) is 0 Å². The maximum atomic E-state index is 12.9. The molecule has 1 aliphatic heterocycles. The van der Waals surface area contributed by atoms with Crippen molar-refractivity contribution in [1.29, 1.82) is 0 Å². The monoisotopic (exact) mass is 310 g/mol. The third-order valence-electron chi connectivity index (χ3n) is 3.67. The first kappa shape index (κ1) is 15.2. The molecule has 5 heteroatoms. The molecule has 0 bridgehead atoms.